The molecule has 3 aromatic rings. The van der Waals surface area contributed by atoms with Crippen molar-refractivity contribution < 1.29 is 37.3 Å². The van der Waals surface area contributed by atoms with Crippen LogP contribution in [0.4, 0.5) is 18.9 Å². The Hall–Kier alpha value is -4.27. The zero-order chi connectivity index (χ0) is 27.3. The standard InChI is InChI=1S/C29H26F3NO5/c1-2-3-7-18-37-22-14-10-20(11-15-22)26(34)24-25(19-8-5-4-6-9-19)33(28(36)27(24)35)21-12-16-23(17-13-21)38-29(30,31)32/h4-6,8-17,25,34H,2-3,7,18H2,1H3/b26-24+. The summed E-state index contributed by atoms with van der Waals surface area (Å²) in [5.74, 6) is -2.05. The molecule has 0 aromatic heterocycles. The molecule has 3 aromatic carbocycles. The first-order chi connectivity index (χ1) is 18.2. The fourth-order valence-electron chi connectivity index (χ4n) is 4.26. The third-order valence-corrected chi connectivity index (χ3v) is 6.05. The van der Waals surface area contributed by atoms with Crippen molar-refractivity contribution in [3.8, 4) is 11.5 Å². The smallest absolute Gasteiger partial charge is 0.507 e. The molecule has 1 N–H and O–H groups in total. The van der Waals surface area contributed by atoms with Crippen molar-refractivity contribution in [2.45, 2.75) is 38.6 Å². The second-order valence-electron chi connectivity index (χ2n) is 8.70. The summed E-state index contributed by atoms with van der Waals surface area (Å²) >= 11 is 0. The van der Waals surface area contributed by atoms with E-state index >= 15 is 0 Å². The maximum Gasteiger partial charge on any atom is 0.573 e. The van der Waals surface area contributed by atoms with E-state index in [2.05, 4.69) is 11.7 Å². The average molecular weight is 526 g/mol. The molecule has 0 spiro atoms. The average Bonchev–Trinajstić information content (AvgIpc) is 3.17. The zero-order valence-electron chi connectivity index (χ0n) is 20.6. The topological polar surface area (TPSA) is 76.1 Å². The van der Waals surface area contributed by atoms with Gasteiger partial charge in [0.1, 0.15) is 17.3 Å². The Kier molecular flexibility index (Phi) is 8.05. The molecule has 0 saturated carbocycles. The number of hydrogen-bond acceptors (Lipinski definition) is 5. The number of amides is 1. The maximum absolute atomic E-state index is 13.2. The minimum atomic E-state index is -4.87. The Morgan fingerprint density at radius 1 is 0.895 bits per heavy atom. The van der Waals surface area contributed by atoms with E-state index in [1.807, 2.05) is 0 Å². The summed E-state index contributed by atoms with van der Waals surface area (Å²) in [5.41, 5.74) is 0.900. The van der Waals surface area contributed by atoms with Crippen molar-refractivity contribution >= 4 is 23.1 Å². The molecule has 1 fully saturated rings. The van der Waals surface area contributed by atoms with Gasteiger partial charge in [-0.2, -0.15) is 0 Å². The predicted molar refractivity (Wildman–Crippen MR) is 136 cm³/mol. The van der Waals surface area contributed by atoms with E-state index in [9.17, 15) is 27.9 Å². The van der Waals surface area contributed by atoms with Gasteiger partial charge < -0.3 is 14.6 Å². The third-order valence-electron chi connectivity index (χ3n) is 6.05. The summed E-state index contributed by atoms with van der Waals surface area (Å²) in [6, 6.07) is 18.8. The molecule has 0 aliphatic carbocycles. The van der Waals surface area contributed by atoms with E-state index in [1.165, 1.54) is 12.1 Å². The lowest BCUT2D eigenvalue weighted by atomic mass is 9.95. The number of nitrogens with zero attached hydrogens (tertiary/aromatic N) is 1. The molecule has 1 atom stereocenters. The Balaban J connectivity index is 1.70. The fraction of sp³-hybridized carbons (Fsp3) is 0.241. The number of benzene rings is 3. The lowest BCUT2D eigenvalue weighted by Gasteiger charge is -2.25. The molecule has 1 aliphatic heterocycles. The van der Waals surface area contributed by atoms with E-state index in [0.717, 1.165) is 36.3 Å². The van der Waals surface area contributed by atoms with Crippen molar-refractivity contribution in [2.24, 2.45) is 0 Å². The van der Waals surface area contributed by atoms with Crippen LogP contribution < -0.4 is 14.4 Å². The van der Waals surface area contributed by atoms with Crippen LogP contribution in [0.3, 0.4) is 0 Å². The van der Waals surface area contributed by atoms with Crippen LogP contribution in [0, 0.1) is 0 Å². The number of unbranched alkanes of at least 4 members (excludes halogenated alkanes) is 2. The maximum atomic E-state index is 13.2. The van der Waals surface area contributed by atoms with Crippen molar-refractivity contribution in [3.63, 3.8) is 0 Å². The first kappa shape index (κ1) is 26.8. The molecule has 9 heteroatoms. The number of aliphatic hydroxyl groups excluding tert-OH is 1. The SMILES string of the molecule is CCCCCOc1ccc(/C(O)=C2\C(=O)C(=O)N(c3ccc(OC(F)(F)F)cc3)C2c2ccccc2)cc1. The van der Waals surface area contributed by atoms with Crippen LogP contribution in [0.1, 0.15) is 43.4 Å². The second kappa shape index (κ2) is 11.4. The van der Waals surface area contributed by atoms with Gasteiger partial charge in [0.05, 0.1) is 18.2 Å². The number of alkyl halides is 3. The van der Waals surface area contributed by atoms with Gasteiger partial charge >= 0.3 is 6.36 Å². The van der Waals surface area contributed by atoms with Crippen LogP contribution in [0.2, 0.25) is 0 Å². The molecule has 38 heavy (non-hydrogen) atoms. The van der Waals surface area contributed by atoms with Crippen LogP contribution in [0.25, 0.3) is 5.76 Å². The molecule has 0 bridgehead atoms. The number of carbonyl (C=O) groups is 2. The molecule has 1 unspecified atom stereocenters. The van der Waals surface area contributed by atoms with Crippen molar-refractivity contribution in [3.05, 3.63) is 95.6 Å². The monoisotopic (exact) mass is 525 g/mol. The number of anilines is 1. The number of Topliss-reactive ketones (excluding diaryl/α,β-unsaturated/α-hetero) is 1. The van der Waals surface area contributed by atoms with Gasteiger partial charge in [-0.25, -0.2) is 0 Å². The first-order valence-electron chi connectivity index (χ1n) is 12.1. The molecule has 0 radical (unpaired) electrons. The van der Waals surface area contributed by atoms with Gasteiger partial charge in [0, 0.05) is 11.3 Å². The zero-order valence-corrected chi connectivity index (χ0v) is 20.6. The largest absolute Gasteiger partial charge is 0.573 e. The van der Waals surface area contributed by atoms with Crippen molar-refractivity contribution in [1.82, 2.24) is 0 Å². The van der Waals surface area contributed by atoms with E-state index in [1.54, 1.807) is 54.6 Å². The lowest BCUT2D eigenvalue weighted by molar-refractivity contribution is -0.274. The highest BCUT2D eigenvalue weighted by Crippen LogP contribution is 2.42. The highest BCUT2D eigenvalue weighted by atomic mass is 19.4. The van der Waals surface area contributed by atoms with E-state index in [0.29, 0.717) is 23.5 Å². The summed E-state index contributed by atoms with van der Waals surface area (Å²) in [5, 5.41) is 11.2. The number of rotatable bonds is 9. The highest BCUT2D eigenvalue weighted by Gasteiger charge is 2.47. The molecular weight excluding hydrogens is 499 g/mol. The van der Waals surface area contributed by atoms with Gasteiger partial charge in [-0.15, -0.1) is 13.2 Å². The Labute approximate surface area is 217 Å². The van der Waals surface area contributed by atoms with Crippen LogP contribution in [0.15, 0.2) is 84.4 Å². The van der Waals surface area contributed by atoms with Gasteiger partial charge in [0.15, 0.2) is 0 Å². The number of hydrogen-bond donors (Lipinski definition) is 1. The predicted octanol–water partition coefficient (Wildman–Crippen LogP) is 6.78. The molecule has 1 saturated heterocycles. The normalized spacial score (nSPS) is 17.1. The highest BCUT2D eigenvalue weighted by molar-refractivity contribution is 6.51. The number of halogens is 3. The Morgan fingerprint density at radius 2 is 1.53 bits per heavy atom. The van der Waals surface area contributed by atoms with Crippen molar-refractivity contribution in [2.75, 3.05) is 11.5 Å². The van der Waals surface area contributed by atoms with Gasteiger partial charge in [0.2, 0.25) is 0 Å². The van der Waals surface area contributed by atoms with E-state index < -0.39 is 29.8 Å². The summed E-state index contributed by atoms with van der Waals surface area (Å²) in [6.45, 7) is 2.66. The molecule has 6 nitrogen and oxygen atoms in total. The van der Waals surface area contributed by atoms with Crippen LogP contribution in [0.5, 0.6) is 11.5 Å². The quantitative estimate of drug-likeness (QED) is 0.144. The molecule has 1 amide bonds. The summed E-state index contributed by atoms with van der Waals surface area (Å²) < 4.78 is 47.4. The number of carbonyl (C=O) groups excluding carboxylic acids is 2. The molecule has 198 valence electrons. The Bertz CT molecular complexity index is 1300. The number of ketones is 1. The molecule has 1 aliphatic rings. The minimum Gasteiger partial charge on any atom is -0.507 e. The molecule has 4 rings (SSSR count). The molecule has 1 heterocycles. The van der Waals surface area contributed by atoms with E-state index in [4.69, 9.17) is 4.74 Å². The van der Waals surface area contributed by atoms with Gasteiger partial charge in [-0.05, 0) is 60.5 Å². The summed E-state index contributed by atoms with van der Waals surface area (Å²) in [6.07, 6.45) is -1.83. The fourth-order valence-corrected chi connectivity index (χ4v) is 4.26. The molecular formula is C29H26F3NO5. The number of ether oxygens (including phenoxy) is 2. The van der Waals surface area contributed by atoms with Crippen molar-refractivity contribution in [1.29, 1.82) is 0 Å². The summed E-state index contributed by atoms with van der Waals surface area (Å²) in [7, 11) is 0. The van der Waals surface area contributed by atoms with Gasteiger partial charge in [0.25, 0.3) is 11.7 Å². The Morgan fingerprint density at radius 3 is 2.13 bits per heavy atom. The summed E-state index contributed by atoms with van der Waals surface area (Å²) in [4.78, 5) is 27.5. The number of aliphatic hydroxyl groups is 1. The first-order valence-corrected chi connectivity index (χ1v) is 12.1. The van der Waals surface area contributed by atoms with E-state index in [-0.39, 0.29) is 17.0 Å². The van der Waals surface area contributed by atoms with Crippen LogP contribution in [-0.4, -0.2) is 29.8 Å². The second-order valence-corrected chi connectivity index (χ2v) is 8.70. The van der Waals surface area contributed by atoms with Crippen LogP contribution in [-0.2, 0) is 9.59 Å². The third kappa shape index (κ3) is 5.99. The van der Waals surface area contributed by atoms with Crippen LogP contribution >= 0.6 is 0 Å². The minimum absolute atomic E-state index is 0.131. The lowest BCUT2D eigenvalue weighted by Crippen LogP contribution is -2.29. The van der Waals surface area contributed by atoms with Gasteiger partial charge in [-0.1, -0.05) is 50.1 Å². The van der Waals surface area contributed by atoms with Gasteiger partial charge in [-0.3, -0.25) is 14.5 Å².